The van der Waals surface area contributed by atoms with Crippen LogP contribution in [-0.4, -0.2) is 83.7 Å². The Hall–Kier alpha value is -5.16. The fourth-order valence-electron chi connectivity index (χ4n) is 4.34. The summed E-state index contributed by atoms with van der Waals surface area (Å²) in [6, 6.07) is 6.08. The van der Waals surface area contributed by atoms with Gasteiger partial charge in [-0.15, -0.1) is 0 Å². The van der Waals surface area contributed by atoms with Gasteiger partial charge in [0, 0.05) is 30.8 Å². The summed E-state index contributed by atoms with van der Waals surface area (Å²) in [4.78, 5) is 67.2. The number of fused-ring (bicyclic) bond motifs is 1. The molecule has 46 heavy (non-hydrogen) atoms. The van der Waals surface area contributed by atoms with Crippen molar-refractivity contribution in [2.45, 2.75) is 51.4 Å². The Morgan fingerprint density at radius 3 is 2.41 bits per heavy atom. The van der Waals surface area contributed by atoms with Crippen molar-refractivity contribution < 1.29 is 37.9 Å². The van der Waals surface area contributed by atoms with Crippen molar-refractivity contribution in [2.24, 2.45) is 0 Å². The number of anilines is 3. The minimum Gasteiger partial charge on any atom is -0.494 e. The molecular weight excluding hydrogens is 616 g/mol. The Morgan fingerprint density at radius 2 is 1.78 bits per heavy atom. The Labute approximate surface area is 266 Å². The van der Waals surface area contributed by atoms with E-state index in [-0.39, 0.29) is 49.0 Å². The molecule has 2 aromatic heterocycles. The van der Waals surface area contributed by atoms with Gasteiger partial charge in [-0.05, 0) is 42.8 Å². The number of hydrogen-bond donors (Lipinski definition) is 4. The lowest BCUT2D eigenvalue weighted by atomic mass is 10.1. The zero-order valence-electron chi connectivity index (χ0n) is 25.9. The van der Waals surface area contributed by atoms with Crippen LogP contribution in [0.3, 0.4) is 0 Å². The summed E-state index contributed by atoms with van der Waals surface area (Å²) >= 11 is 0. The van der Waals surface area contributed by atoms with Gasteiger partial charge >= 0.3 is 20.5 Å². The van der Waals surface area contributed by atoms with Gasteiger partial charge < -0.3 is 40.4 Å². The molecule has 0 spiro atoms. The number of nitrogens with one attached hydrogen (secondary N) is 1. The molecular formula is C29H38N8O8Si. The summed E-state index contributed by atoms with van der Waals surface area (Å²) < 4.78 is 16.4. The normalized spacial score (nSPS) is 11.8. The van der Waals surface area contributed by atoms with Crippen LogP contribution in [0.2, 0.25) is 12.1 Å². The number of hydrogen-bond acceptors (Lipinski definition) is 14. The van der Waals surface area contributed by atoms with Gasteiger partial charge in [-0.1, -0.05) is 20.4 Å². The van der Waals surface area contributed by atoms with Crippen LogP contribution in [0, 0.1) is 0 Å². The third-order valence-electron chi connectivity index (χ3n) is 6.95. The van der Waals surface area contributed by atoms with Crippen molar-refractivity contribution in [2.75, 3.05) is 36.6 Å². The Morgan fingerprint density at radius 1 is 1.09 bits per heavy atom. The summed E-state index contributed by atoms with van der Waals surface area (Å²) in [5, 5.41) is 12.2. The smallest absolute Gasteiger partial charge is 0.400 e. The lowest BCUT2D eigenvalue weighted by Gasteiger charge is -2.28. The first-order chi connectivity index (χ1) is 21.9. The number of benzene rings is 1. The van der Waals surface area contributed by atoms with E-state index in [1.54, 1.807) is 30.5 Å². The average Bonchev–Trinajstić information content (AvgIpc) is 3.04. The predicted octanol–water partition coefficient (Wildman–Crippen LogP) is 1.95. The van der Waals surface area contributed by atoms with E-state index in [1.165, 1.54) is 0 Å². The summed E-state index contributed by atoms with van der Waals surface area (Å²) in [5.41, 5.74) is 13.7. The molecule has 2 heterocycles. The number of rotatable bonds is 17. The lowest BCUT2D eigenvalue weighted by Crippen LogP contribution is -2.44. The van der Waals surface area contributed by atoms with Gasteiger partial charge in [0.1, 0.15) is 12.6 Å². The third-order valence-corrected chi connectivity index (χ3v) is 10.4. The van der Waals surface area contributed by atoms with Gasteiger partial charge in [-0.3, -0.25) is 9.59 Å². The first-order valence-corrected chi connectivity index (χ1v) is 16.7. The molecule has 1 amide bonds. The molecule has 0 bridgehead atoms. The van der Waals surface area contributed by atoms with Crippen molar-refractivity contribution in [1.29, 1.82) is 0 Å². The molecule has 0 saturated carbocycles. The number of nitrogen functional groups attached to an aromatic ring is 2. The van der Waals surface area contributed by atoms with Crippen LogP contribution in [-0.2, 0) is 34.5 Å². The minimum atomic E-state index is -2.96. The van der Waals surface area contributed by atoms with Gasteiger partial charge in [0.25, 0.3) is 11.9 Å². The number of aliphatic carboxylic acids is 1. The fourth-order valence-corrected chi connectivity index (χ4v) is 6.57. The van der Waals surface area contributed by atoms with Crippen LogP contribution in [0.15, 0.2) is 43.1 Å². The second-order valence-corrected chi connectivity index (χ2v) is 13.8. The SMILES string of the molecule is C=CC(=O)OCCO[Si](CC)(CC)OC(=O)CC[C@@H](NC(=O)c1ccc(N(C)Cc2cnc3nc(N)nc(N)c3n2)cc1)C(=O)O. The molecule has 246 valence electrons. The van der Waals surface area contributed by atoms with E-state index in [9.17, 15) is 24.3 Å². The molecule has 3 rings (SSSR count). The molecule has 1 atom stereocenters. The van der Waals surface area contributed by atoms with Crippen LogP contribution in [0.4, 0.5) is 17.5 Å². The Balaban J connectivity index is 1.55. The molecule has 3 aromatic rings. The molecule has 0 radical (unpaired) electrons. The molecule has 0 unspecified atom stereocenters. The number of nitrogens with two attached hydrogens (primary N) is 2. The molecule has 0 fully saturated rings. The maximum atomic E-state index is 12.9. The molecule has 0 aliphatic carbocycles. The molecule has 1 aromatic carbocycles. The summed E-state index contributed by atoms with van der Waals surface area (Å²) in [5.74, 6) is -3.01. The van der Waals surface area contributed by atoms with Crippen LogP contribution in [0.25, 0.3) is 11.2 Å². The molecule has 0 saturated heterocycles. The van der Waals surface area contributed by atoms with Gasteiger partial charge in [0.15, 0.2) is 17.0 Å². The second-order valence-electron chi connectivity index (χ2n) is 10.1. The van der Waals surface area contributed by atoms with Gasteiger partial charge in [-0.25, -0.2) is 19.6 Å². The number of carbonyl (C=O) groups excluding carboxylic acids is 3. The number of aromatic nitrogens is 4. The largest absolute Gasteiger partial charge is 0.494 e. The summed E-state index contributed by atoms with van der Waals surface area (Å²) in [7, 11) is -1.14. The third kappa shape index (κ3) is 9.67. The van der Waals surface area contributed by atoms with Crippen molar-refractivity contribution in [3.63, 3.8) is 0 Å². The minimum absolute atomic E-state index is 0.00560. The first-order valence-electron chi connectivity index (χ1n) is 14.4. The molecule has 16 nitrogen and oxygen atoms in total. The van der Waals surface area contributed by atoms with Gasteiger partial charge in [-0.2, -0.15) is 9.97 Å². The Bertz CT molecular complexity index is 1570. The summed E-state index contributed by atoms with van der Waals surface area (Å²) in [6.07, 6.45) is 2.14. The molecule has 17 heteroatoms. The Kier molecular flexibility index (Phi) is 12.5. The van der Waals surface area contributed by atoms with Crippen LogP contribution in [0.5, 0.6) is 0 Å². The van der Waals surface area contributed by atoms with Crippen molar-refractivity contribution >= 4 is 61.0 Å². The standard InChI is InChI=1S/C29H38N8O8Si/c1-5-22(38)43-14-15-44-46(6-2,7-3)45-23(39)13-12-21(28(41)42)34-27(40)18-8-10-20(11-9-18)37(4)17-19-16-32-26-24(33-19)25(30)35-29(31)36-26/h5,8-11,16,21H,1,6-7,12-15,17H2,2-4H3,(H,34,40)(H,41,42)(H4,30,31,32,35,36)/t21-/m1/s1. The zero-order valence-corrected chi connectivity index (χ0v) is 26.9. The number of ether oxygens (including phenoxy) is 1. The quantitative estimate of drug-likeness (QED) is 0.0704. The van der Waals surface area contributed by atoms with E-state index in [4.69, 9.17) is 25.1 Å². The van der Waals surface area contributed by atoms with E-state index in [0.717, 1.165) is 11.8 Å². The lowest BCUT2D eigenvalue weighted by molar-refractivity contribution is -0.142. The average molecular weight is 655 g/mol. The first kappa shape index (κ1) is 35.3. The number of carboxylic acids is 1. The van der Waals surface area contributed by atoms with E-state index in [0.29, 0.717) is 29.8 Å². The maximum Gasteiger partial charge on any atom is 0.400 e. The second kappa shape index (κ2) is 16.2. The van der Waals surface area contributed by atoms with Crippen LogP contribution < -0.4 is 21.7 Å². The predicted molar refractivity (Wildman–Crippen MR) is 171 cm³/mol. The number of amides is 1. The van der Waals surface area contributed by atoms with Crippen LogP contribution in [0.1, 0.15) is 42.7 Å². The molecule has 0 aliphatic heterocycles. The zero-order chi connectivity index (χ0) is 33.9. The number of esters is 1. The topological polar surface area (TPSA) is 235 Å². The monoisotopic (exact) mass is 654 g/mol. The molecule has 0 aliphatic rings. The van der Waals surface area contributed by atoms with Gasteiger partial charge in [0.2, 0.25) is 5.95 Å². The maximum absolute atomic E-state index is 12.9. The highest BCUT2D eigenvalue weighted by Crippen LogP contribution is 2.21. The van der Waals surface area contributed by atoms with E-state index in [1.807, 2.05) is 25.8 Å². The van der Waals surface area contributed by atoms with Crippen LogP contribution >= 0.6 is 0 Å². The van der Waals surface area contributed by atoms with Crippen molar-refractivity contribution in [1.82, 2.24) is 25.3 Å². The number of nitrogens with zero attached hydrogens (tertiary/aromatic N) is 5. The highest BCUT2D eigenvalue weighted by molar-refractivity contribution is 6.68. The highest BCUT2D eigenvalue weighted by atomic mass is 28.4. The highest BCUT2D eigenvalue weighted by Gasteiger charge is 2.38. The fraction of sp³-hybridized carbons (Fsp3) is 0.379. The van der Waals surface area contributed by atoms with E-state index < -0.39 is 38.4 Å². The van der Waals surface area contributed by atoms with Crippen molar-refractivity contribution in [3.8, 4) is 0 Å². The number of carbonyl (C=O) groups is 4. The summed E-state index contributed by atoms with van der Waals surface area (Å²) in [6.45, 7) is 7.33. The van der Waals surface area contributed by atoms with E-state index in [2.05, 4.69) is 31.8 Å². The van der Waals surface area contributed by atoms with Crippen molar-refractivity contribution in [3.05, 3.63) is 54.4 Å². The van der Waals surface area contributed by atoms with E-state index >= 15 is 0 Å². The molecule has 6 N–H and O–H groups in total. The number of carboxylic acid groups (broad SMARTS) is 1. The van der Waals surface area contributed by atoms with Gasteiger partial charge in [0.05, 0.1) is 25.0 Å².